The zero-order valence-corrected chi connectivity index (χ0v) is 12.3. The van der Waals surface area contributed by atoms with E-state index in [1.165, 1.54) is 0 Å². The number of amides is 1. The van der Waals surface area contributed by atoms with Gasteiger partial charge in [-0.05, 0) is 50.9 Å². The van der Waals surface area contributed by atoms with E-state index in [0.29, 0.717) is 18.1 Å². The van der Waals surface area contributed by atoms with Crippen LogP contribution in [0.1, 0.15) is 32.3 Å². The number of likely N-dealkylation sites (N-methyl/N-ethyl adjacent to an activating group) is 1. The third kappa shape index (κ3) is 3.28. The Morgan fingerprint density at radius 2 is 2.32 bits per heavy atom. The van der Waals surface area contributed by atoms with Gasteiger partial charge >= 0.3 is 0 Å². The van der Waals surface area contributed by atoms with E-state index in [9.17, 15) is 4.79 Å². The molecule has 19 heavy (non-hydrogen) atoms. The predicted molar refractivity (Wildman–Crippen MR) is 78.2 cm³/mol. The molecule has 1 heterocycles. The molecule has 104 valence electrons. The lowest BCUT2D eigenvalue weighted by Crippen LogP contribution is -2.52. The van der Waals surface area contributed by atoms with Crippen molar-refractivity contribution in [3.05, 3.63) is 34.9 Å². The molecule has 1 atom stereocenters. The summed E-state index contributed by atoms with van der Waals surface area (Å²) in [5.41, 5.74) is 0.679. The first-order valence-electron chi connectivity index (χ1n) is 6.84. The summed E-state index contributed by atoms with van der Waals surface area (Å²) >= 11 is 5.99. The lowest BCUT2D eigenvalue weighted by Gasteiger charge is -2.31. The van der Waals surface area contributed by atoms with Crippen LogP contribution in [0.3, 0.4) is 0 Å². The maximum absolute atomic E-state index is 12.6. The van der Waals surface area contributed by atoms with E-state index in [1.807, 2.05) is 43.0 Å². The minimum atomic E-state index is -0.394. The second kappa shape index (κ2) is 5.93. The largest absolute Gasteiger partial charge is 0.337 e. The SMILES string of the molecule is CCN(Cc1cccc(Cl)c1)C(=O)C1(C)CCCN1. The number of halogens is 1. The molecule has 0 saturated carbocycles. The molecule has 1 aromatic rings. The molecule has 1 aromatic carbocycles. The van der Waals surface area contributed by atoms with E-state index < -0.39 is 5.54 Å². The molecule has 0 aliphatic carbocycles. The van der Waals surface area contributed by atoms with Crippen LogP contribution in [0.2, 0.25) is 5.02 Å². The van der Waals surface area contributed by atoms with E-state index in [1.54, 1.807) is 0 Å². The number of nitrogens with zero attached hydrogens (tertiary/aromatic N) is 1. The summed E-state index contributed by atoms with van der Waals surface area (Å²) in [6.07, 6.45) is 1.98. The summed E-state index contributed by atoms with van der Waals surface area (Å²) < 4.78 is 0. The van der Waals surface area contributed by atoms with E-state index >= 15 is 0 Å². The standard InChI is InChI=1S/C15H21ClN2O/c1-3-18(11-12-6-4-7-13(16)10-12)14(19)15(2)8-5-9-17-15/h4,6-7,10,17H,3,5,8-9,11H2,1-2H3. The van der Waals surface area contributed by atoms with Crippen molar-refractivity contribution in [3.8, 4) is 0 Å². The van der Waals surface area contributed by atoms with Gasteiger partial charge in [0.05, 0.1) is 5.54 Å². The molecule has 0 radical (unpaired) electrons. The molecular weight excluding hydrogens is 260 g/mol. The topological polar surface area (TPSA) is 32.3 Å². The fourth-order valence-electron chi connectivity index (χ4n) is 2.61. The second-order valence-electron chi connectivity index (χ2n) is 5.31. The molecule has 1 aliphatic heterocycles. The smallest absolute Gasteiger partial charge is 0.242 e. The lowest BCUT2D eigenvalue weighted by molar-refractivity contribution is -0.137. The van der Waals surface area contributed by atoms with Crippen LogP contribution in [0.5, 0.6) is 0 Å². The number of nitrogens with one attached hydrogen (secondary N) is 1. The van der Waals surface area contributed by atoms with Gasteiger partial charge < -0.3 is 10.2 Å². The molecule has 1 amide bonds. The van der Waals surface area contributed by atoms with Crippen LogP contribution in [0, 0.1) is 0 Å². The molecular formula is C15H21ClN2O. The molecule has 1 fully saturated rings. The van der Waals surface area contributed by atoms with Crippen LogP contribution in [0.25, 0.3) is 0 Å². The number of carbonyl (C=O) groups excluding carboxylic acids is 1. The van der Waals surface area contributed by atoms with Gasteiger partial charge in [-0.3, -0.25) is 4.79 Å². The molecule has 2 rings (SSSR count). The molecule has 3 nitrogen and oxygen atoms in total. The molecule has 1 N–H and O–H groups in total. The Morgan fingerprint density at radius 1 is 1.53 bits per heavy atom. The van der Waals surface area contributed by atoms with E-state index in [2.05, 4.69) is 5.32 Å². The van der Waals surface area contributed by atoms with E-state index in [0.717, 1.165) is 24.9 Å². The Kier molecular flexibility index (Phi) is 4.48. The van der Waals surface area contributed by atoms with Gasteiger partial charge in [0, 0.05) is 18.1 Å². The average Bonchev–Trinajstić information content (AvgIpc) is 2.83. The van der Waals surface area contributed by atoms with Crippen molar-refractivity contribution < 1.29 is 4.79 Å². The van der Waals surface area contributed by atoms with Gasteiger partial charge in [-0.15, -0.1) is 0 Å². The predicted octanol–water partition coefficient (Wildman–Crippen LogP) is 2.83. The number of carbonyl (C=O) groups is 1. The highest BCUT2D eigenvalue weighted by Crippen LogP contribution is 2.22. The van der Waals surface area contributed by atoms with Gasteiger partial charge in [-0.25, -0.2) is 0 Å². The maximum Gasteiger partial charge on any atom is 0.242 e. The summed E-state index contributed by atoms with van der Waals surface area (Å²) in [6.45, 7) is 6.27. The van der Waals surface area contributed by atoms with Gasteiger partial charge in [0.25, 0.3) is 0 Å². The number of hydrogen-bond donors (Lipinski definition) is 1. The fraction of sp³-hybridized carbons (Fsp3) is 0.533. The van der Waals surface area contributed by atoms with Crippen molar-refractivity contribution in [1.29, 1.82) is 0 Å². The number of benzene rings is 1. The summed E-state index contributed by atoms with van der Waals surface area (Å²) in [4.78, 5) is 14.5. The second-order valence-corrected chi connectivity index (χ2v) is 5.75. The normalized spacial score (nSPS) is 22.5. The summed E-state index contributed by atoms with van der Waals surface area (Å²) in [6, 6.07) is 7.70. The first-order valence-corrected chi connectivity index (χ1v) is 7.22. The molecule has 4 heteroatoms. The Hall–Kier alpha value is -1.06. The highest BCUT2D eigenvalue weighted by molar-refractivity contribution is 6.30. The van der Waals surface area contributed by atoms with Crippen LogP contribution in [-0.4, -0.2) is 29.4 Å². The third-order valence-electron chi connectivity index (χ3n) is 3.77. The van der Waals surface area contributed by atoms with E-state index in [-0.39, 0.29) is 5.91 Å². The molecule has 1 saturated heterocycles. The van der Waals surface area contributed by atoms with Crippen molar-refractivity contribution in [1.82, 2.24) is 10.2 Å². The van der Waals surface area contributed by atoms with Crippen LogP contribution in [-0.2, 0) is 11.3 Å². The quantitative estimate of drug-likeness (QED) is 0.920. The first-order chi connectivity index (χ1) is 9.05. The summed E-state index contributed by atoms with van der Waals surface area (Å²) in [7, 11) is 0. The highest BCUT2D eigenvalue weighted by Gasteiger charge is 2.38. The minimum Gasteiger partial charge on any atom is -0.337 e. The molecule has 0 bridgehead atoms. The summed E-state index contributed by atoms with van der Waals surface area (Å²) in [5.74, 6) is 0.187. The van der Waals surface area contributed by atoms with Gasteiger partial charge in [-0.1, -0.05) is 23.7 Å². The zero-order chi connectivity index (χ0) is 13.9. The molecule has 0 aromatic heterocycles. The highest BCUT2D eigenvalue weighted by atomic mass is 35.5. The van der Waals surface area contributed by atoms with Crippen LogP contribution >= 0.6 is 11.6 Å². The van der Waals surface area contributed by atoms with Crippen LogP contribution < -0.4 is 5.32 Å². The zero-order valence-electron chi connectivity index (χ0n) is 11.6. The van der Waals surface area contributed by atoms with Crippen molar-refractivity contribution in [2.24, 2.45) is 0 Å². The van der Waals surface area contributed by atoms with E-state index in [4.69, 9.17) is 11.6 Å². The first kappa shape index (κ1) is 14.4. The van der Waals surface area contributed by atoms with Gasteiger partial charge in [0.1, 0.15) is 0 Å². The Morgan fingerprint density at radius 3 is 2.89 bits per heavy atom. The molecule has 1 aliphatic rings. The van der Waals surface area contributed by atoms with Gasteiger partial charge in [-0.2, -0.15) is 0 Å². The van der Waals surface area contributed by atoms with Gasteiger partial charge in [0.2, 0.25) is 5.91 Å². The number of rotatable bonds is 4. The van der Waals surface area contributed by atoms with Gasteiger partial charge in [0.15, 0.2) is 0 Å². The van der Waals surface area contributed by atoms with Crippen LogP contribution in [0.15, 0.2) is 24.3 Å². The van der Waals surface area contributed by atoms with Crippen LogP contribution in [0.4, 0.5) is 0 Å². The monoisotopic (exact) mass is 280 g/mol. The van der Waals surface area contributed by atoms with Crippen molar-refractivity contribution in [2.45, 2.75) is 38.8 Å². The molecule has 1 unspecified atom stereocenters. The van der Waals surface area contributed by atoms with Crippen molar-refractivity contribution in [3.63, 3.8) is 0 Å². The lowest BCUT2D eigenvalue weighted by atomic mass is 9.98. The van der Waals surface area contributed by atoms with Crippen molar-refractivity contribution in [2.75, 3.05) is 13.1 Å². The average molecular weight is 281 g/mol. The summed E-state index contributed by atoms with van der Waals surface area (Å²) in [5, 5.41) is 4.04. The Bertz CT molecular complexity index is 455. The number of hydrogen-bond acceptors (Lipinski definition) is 2. The minimum absolute atomic E-state index is 0.187. The van der Waals surface area contributed by atoms with Crippen molar-refractivity contribution >= 4 is 17.5 Å². The Balaban J connectivity index is 2.10. The fourth-order valence-corrected chi connectivity index (χ4v) is 2.82. The molecule has 0 spiro atoms. The third-order valence-corrected chi connectivity index (χ3v) is 4.01. The Labute approximate surface area is 119 Å². The maximum atomic E-state index is 12.6.